The second kappa shape index (κ2) is 9.03. The van der Waals surface area contributed by atoms with Crippen LogP contribution in [0.5, 0.6) is 5.75 Å². The highest BCUT2D eigenvalue weighted by molar-refractivity contribution is 6.11. The molecule has 0 saturated carbocycles. The fourth-order valence-electron chi connectivity index (χ4n) is 3.89. The quantitative estimate of drug-likeness (QED) is 0.670. The molecule has 0 unspecified atom stereocenters. The summed E-state index contributed by atoms with van der Waals surface area (Å²) in [7, 11) is 1.59. The highest BCUT2D eigenvalue weighted by Gasteiger charge is 2.27. The van der Waals surface area contributed by atoms with Crippen molar-refractivity contribution in [1.29, 1.82) is 0 Å². The van der Waals surface area contributed by atoms with E-state index in [0.29, 0.717) is 30.1 Å². The molecule has 1 fully saturated rings. The van der Waals surface area contributed by atoms with Gasteiger partial charge in [-0.1, -0.05) is 37.1 Å². The van der Waals surface area contributed by atoms with Crippen molar-refractivity contribution in [2.75, 3.05) is 25.5 Å². The standard InChI is InChI=1S/C24H26N2O4/c1-29-18-10-8-9-17(15-18)16-21(27)25-22-19-11-4-5-12-20(19)30-23(22)24(28)26-13-6-2-3-7-14-26/h4-5,8-12,15H,2-3,6-7,13-14,16H2,1H3,(H,25,27). The average molecular weight is 406 g/mol. The third-order valence-electron chi connectivity index (χ3n) is 5.45. The Hall–Kier alpha value is -3.28. The van der Waals surface area contributed by atoms with E-state index in [1.54, 1.807) is 7.11 Å². The van der Waals surface area contributed by atoms with Crippen LogP contribution >= 0.6 is 0 Å². The fourth-order valence-corrected chi connectivity index (χ4v) is 3.89. The predicted octanol–water partition coefficient (Wildman–Crippen LogP) is 4.64. The number of carbonyl (C=O) groups is 2. The van der Waals surface area contributed by atoms with Crippen LogP contribution in [0, 0.1) is 0 Å². The van der Waals surface area contributed by atoms with Gasteiger partial charge in [-0.25, -0.2) is 0 Å². The molecule has 156 valence electrons. The van der Waals surface area contributed by atoms with Gasteiger partial charge in [0.1, 0.15) is 17.0 Å². The molecule has 1 aliphatic heterocycles. The van der Waals surface area contributed by atoms with Gasteiger partial charge in [-0.3, -0.25) is 9.59 Å². The van der Waals surface area contributed by atoms with Crippen molar-refractivity contribution < 1.29 is 18.7 Å². The Bertz CT molecular complexity index is 1050. The Morgan fingerprint density at radius 1 is 1.03 bits per heavy atom. The Balaban J connectivity index is 1.61. The van der Waals surface area contributed by atoms with Crippen LogP contribution in [0.15, 0.2) is 52.9 Å². The average Bonchev–Trinajstić information content (AvgIpc) is 2.92. The van der Waals surface area contributed by atoms with Crippen LogP contribution in [0.25, 0.3) is 11.0 Å². The summed E-state index contributed by atoms with van der Waals surface area (Å²) >= 11 is 0. The molecular weight excluding hydrogens is 380 g/mol. The van der Waals surface area contributed by atoms with E-state index in [1.807, 2.05) is 53.4 Å². The van der Waals surface area contributed by atoms with Crippen molar-refractivity contribution in [2.24, 2.45) is 0 Å². The summed E-state index contributed by atoms with van der Waals surface area (Å²) in [6.07, 6.45) is 4.42. The fraction of sp³-hybridized carbons (Fsp3) is 0.333. The lowest BCUT2D eigenvalue weighted by Crippen LogP contribution is -2.32. The van der Waals surface area contributed by atoms with E-state index < -0.39 is 0 Å². The summed E-state index contributed by atoms with van der Waals surface area (Å²) in [5.74, 6) is 0.535. The highest BCUT2D eigenvalue weighted by Crippen LogP contribution is 2.32. The number of benzene rings is 2. The second-order valence-electron chi connectivity index (χ2n) is 7.59. The number of amides is 2. The minimum absolute atomic E-state index is 0.162. The smallest absolute Gasteiger partial charge is 0.291 e. The molecule has 0 atom stereocenters. The summed E-state index contributed by atoms with van der Waals surface area (Å²) < 4.78 is 11.1. The van der Waals surface area contributed by atoms with Gasteiger partial charge in [0.15, 0.2) is 0 Å². The molecule has 6 heteroatoms. The molecule has 3 aromatic rings. The van der Waals surface area contributed by atoms with E-state index >= 15 is 0 Å². The molecule has 1 aromatic heterocycles. The van der Waals surface area contributed by atoms with E-state index in [0.717, 1.165) is 36.6 Å². The number of para-hydroxylation sites is 1. The van der Waals surface area contributed by atoms with Crippen LogP contribution in [-0.2, 0) is 11.2 Å². The molecule has 0 aliphatic carbocycles. The van der Waals surface area contributed by atoms with E-state index in [2.05, 4.69) is 5.32 Å². The maximum absolute atomic E-state index is 13.2. The summed E-state index contributed by atoms with van der Waals surface area (Å²) in [5, 5.41) is 3.67. The number of likely N-dealkylation sites (tertiary alicyclic amines) is 1. The van der Waals surface area contributed by atoms with Crippen LogP contribution < -0.4 is 10.1 Å². The van der Waals surface area contributed by atoms with E-state index in [4.69, 9.17) is 9.15 Å². The van der Waals surface area contributed by atoms with Gasteiger partial charge in [0.25, 0.3) is 5.91 Å². The molecule has 0 radical (unpaired) electrons. The number of methoxy groups -OCH3 is 1. The van der Waals surface area contributed by atoms with Crippen molar-refractivity contribution in [2.45, 2.75) is 32.1 Å². The number of carbonyl (C=O) groups excluding carboxylic acids is 2. The third-order valence-corrected chi connectivity index (χ3v) is 5.45. The van der Waals surface area contributed by atoms with Gasteiger partial charge in [0.05, 0.1) is 13.5 Å². The van der Waals surface area contributed by atoms with Crippen LogP contribution in [-0.4, -0.2) is 36.9 Å². The highest BCUT2D eigenvalue weighted by atomic mass is 16.5. The van der Waals surface area contributed by atoms with Gasteiger partial charge < -0.3 is 19.4 Å². The molecule has 30 heavy (non-hydrogen) atoms. The first-order valence-electron chi connectivity index (χ1n) is 10.4. The van der Waals surface area contributed by atoms with Crippen molar-refractivity contribution in [3.05, 3.63) is 59.9 Å². The first-order valence-corrected chi connectivity index (χ1v) is 10.4. The van der Waals surface area contributed by atoms with Crippen molar-refractivity contribution >= 4 is 28.5 Å². The monoisotopic (exact) mass is 406 g/mol. The Morgan fingerprint density at radius 2 is 1.80 bits per heavy atom. The van der Waals surface area contributed by atoms with Crippen LogP contribution in [0.4, 0.5) is 5.69 Å². The summed E-state index contributed by atoms with van der Waals surface area (Å²) in [4.78, 5) is 27.9. The molecular formula is C24H26N2O4. The Kier molecular flexibility index (Phi) is 6.02. The van der Waals surface area contributed by atoms with Crippen molar-refractivity contribution in [3.63, 3.8) is 0 Å². The SMILES string of the molecule is COc1cccc(CC(=O)Nc2c(C(=O)N3CCCCCC3)oc3ccccc23)c1. The van der Waals surface area contributed by atoms with Crippen molar-refractivity contribution in [3.8, 4) is 5.75 Å². The van der Waals surface area contributed by atoms with Gasteiger partial charge in [0.2, 0.25) is 11.7 Å². The van der Waals surface area contributed by atoms with Crippen LogP contribution in [0.3, 0.4) is 0 Å². The minimum atomic E-state index is -0.209. The number of nitrogens with one attached hydrogen (secondary N) is 1. The zero-order valence-electron chi connectivity index (χ0n) is 17.1. The molecule has 1 N–H and O–H groups in total. The number of rotatable bonds is 5. The summed E-state index contributed by atoms with van der Waals surface area (Å²) in [5.41, 5.74) is 1.88. The largest absolute Gasteiger partial charge is 0.497 e. The lowest BCUT2D eigenvalue weighted by molar-refractivity contribution is -0.115. The summed E-state index contributed by atoms with van der Waals surface area (Å²) in [6, 6.07) is 14.8. The normalized spacial score (nSPS) is 14.4. The molecule has 0 spiro atoms. The molecule has 2 heterocycles. The number of ether oxygens (including phenoxy) is 1. The lowest BCUT2D eigenvalue weighted by atomic mass is 10.1. The molecule has 6 nitrogen and oxygen atoms in total. The van der Waals surface area contributed by atoms with Gasteiger partial charge in [-0.2, -0.15) is 0 Å². The molecule has 1 saturated heterocycles. The first-order chi connectivity index (χ1) is 14.7. The minimum Gasteiger partial charge on any atom is -0.497 e. The summed E-state index contributed by atoms with van der Waals surface area (Å²) in [6.45, 7) is 1.43. The van der Waals surface area contributed by atoms with Gasteiger partial charge in [-0.15, -0.1) is 0 Å². The topological polar surface area (TPSA) is 71.8 Å². The van der Waals surface area contributed by atoms with Gasteiger partial charge in [0, 0.05) is 18.5 Å². The van der Waals surface area contributed by atoms with Gasteiger partial charge in [-0.05, 0) is 42.7 Å². The number of furan rings is 1. The van der Waals surface area contributed by atoms with Gasteiger partial charge >= 0.3 is 0 Å². The van der Waals surface area contributed by atoms with E-state index in [1.165, 1.54) is 0 Å². The van der Waals surface area contributed by atoms with E-state index in [9.17, 15) is 9.59 Å². The number of anilines is 1. The maximum atomic E-state index is 13.2. The van der Waals surface area contributed by atoms with Crippen LogP contribution in [0.2, 0.25) is 0 Å². The zero-order valence-corrected chi connectivity index (χ0v) is 17.1. The molecule has 1 aliphatic rings. The lowest BCUT2D eigenvalue weighted by Gasteiger charge is -2.19. The predicted molar refractivity (Wildman–Crippen MR) is 116 cm³/mol. The molecule has 2 amide bonds. The molecule has 0 bridgehead atoms. The molecule has 4 rings (SSSR count). The number of hydrogen-bond donors (Lipinski definition) is 1. The number of fused-ring (bicyclic) bond motifs is 1. The number of hydrogen-bond acceptors (Lipinski definition) is 4. The molecule has 2 aromatic carbocycles. The third kappa shape index (κ3) is 4.32. The number of nitrogens with zero attached hydrogens (tertiary/aromatic N) is 1. The Labute approximate surface area is 175 Å². The van der Waals surface area contributed by atoms with Crippen LogP contribution in [0.1, 0.15) is 41.8 Å². The zero-order chi connectivity index (χ0) is 20.9. The van der Waals surface area contributed by atoms with Crippen molar-refractivity contribution in [1.82, 2.24) is 4.90 Å². The van der Waals surface area contributed by atoms with E-state index in [-0.39, 0.29) is 24.0 Å². The second-order valence-corrected chi connectivity index (χ2v) is 7.59. The Morgan fingerprint density at radius 3 is 2.57 bits per heavy atom. The first kappa shape index (κ1) is 20.0. The maximum Gasteiger partial charge on any atom is 0.291 e.